The highest BCUT2D eigenvalue weighted by molar-refractivity contribution is 6.30. The van der Waals surface area contributed by atoms with Gasteiger partial charge in [-0.05, 0) is 61.4 Å². The smallest absolute Gasteiger partial charge is 0.255 e. The molecule has 0 unspecified atom stereocenters. The molecule has 4 nitrogen and oxygen atoms in total. The van der Waals surface area contributed by atoms with E-state index in [0.717, 1.165) is 5.56 Å². The van der Waals surface area contributed by atoms with E-state index in [1.807, 2.05) is 31.2 Å². The molecule has 3 rings (SSSR count). The number of nitrogens with zero attached hydrogens (tertiary/aromatic N) is 1. The highest BCUT2D eigenvalue weighted by Crippen LogP contribution is 2.19. The molecule has 0 aliphatic carbocycles. The first kappa shape index (κ1) is 18.9. The number of amides is 1. The Kier molecular flexibility index (Phi) is 6.04. The summed E-state index contributed by atoms with van der Waals surface area (Å²) in [6.07, 6.45) is 2.23. The van der Waals surface area contributed by atoms with Gasteiger partial charge in [0.1, 0.15) is 11.6 Å². The molecule has 0 saturated heterocycles. The summed E-state index contributed by atoms with van der Waals surface area (Å²) in [7, 11) is 0. The first-order valence-electron chi connectivity index (χ1n) is 8.54. The number of anilines is 2. The number of hydrogen-bond donors (Lipinski definition) is 2. The Morgan fingerprint density at radius 2 is 1.96 bits per heavy atom. The average Bonchev–Trinajstić information content (AvgIpc) is 2.62. The van der Waals surface area contributed by atoms with Gasteiger partial charge in [0.15, 0.2) is 0 Å². The standard InChI is InChI=1S/C21H19ClFN3O/c1-14(11-15-5-2-6-16(22)12-15)25-21(27)19-9-4-10-24-20(19)26-18-8-3-7-17(23)13-18/h2-10,12-14H,11H2,1H3,(H,24,26)(H,25,27)/t14-/m1/s1. The summed E-state index contributed by atoms with van der Waals surface area (Å²) in [5.74, 6) is -0.246. The van der Waals surface area contributed by atoms with E-state index in [-0.39, 0.29) is 17.8 Å². The maximum Gasteiger partial charge on any atom is 0.255 e. The predicted molar refractivity (Wildman–Crippen MR) is 106 cm³/mol. The molecule has 2 aromatic carbocycles. The third-order valence-electron chi connectivity index (χ3n) is 3.95. The molecule has 0 saturated carbocycles. The number of benzene rings is 2. The quantitative estimate of drug-likeness (QED) is 0.631. The Hall–Kier alpha value is -2.92. The summed E-state index contributed by atoms with van der Waals surface area (Å²) in [6, 6.07) is 16.8. The highest BCUT2D eigenvalue weighted by Gasteiger charge is 2.15. The molecule has 0 spiro atoms. The van der Waals surface area contributed by atoms with Gasteiger partial charge in [0, 0.05) is 22.9 Å². The molecule has 6 heteroatoms. The monoisotopic (exact) mass is 383 g/mol. The number of carbonyl (C=O) groups is 1. The molecule has 138 valence electrons. The van der Waals surface area contributed by atoms with Gasteiger partial charge < -0.3 is 10.6 Å². The minimum atomic E-state index is -0.364. The van der Waals surface area contributed by atoms with Crippen LogP contribution in [0.2, 0.25) is 5.02 Å². The van der Waals surface area contributed by atoms with Gasteiger partial charge in [-0.25, -0.2) is 9.37 Å². The average molecular weight is 384 g/mol. The van der Waals surface area contributed by atoms with Crippen molar-refractivity contribution in [1.82, 2.24) is 10.3 Å². The fraction of sp³-hybridized carbons (Fsp3) is 0.143. The van der Waals surface area contributed by atoms with Crippen molar-refractivity contribution in [3.63, 3.8) is 0 Å². The molecule has 0 aliphatic heterocycles. The van der Waals surface area contributed by atoms with Crippen molar-refractivity contribution >= 4 is 29.0 Å². The molecule has 0 radical (unpaired) electrons. The third-order valence-corrected chi connectivity index (χ3v) is 4.18. The summed E-state index contributed by atoms with van der Waals surface area (Å²) >= 11 is 6.01. The zero-order chi connectivity index (χ0) is 19.2. The number of carbonyl (C=O) groups excluding carboxylic acids is 1. The molecule has 0 aliphatic rings. The van der Waals surface area contributed by atoms with Gasteiger partial charge in [-0.15, -0.1) is 0 Å². The first-order chi connectivity index (χ1) is 13.0. The van der Waals surface area contributed by atoms with Crippen molar-refractivity contribution in [2.24, 2.45) is 0 Å². The van der Waals surface area contributed by atoms with Crippen LogP contribution < -0.4 is 10.6 Å². The van der Waals surface area contributed by atoms with E-state index in [4.69, 9.17) is 11.6 Å². The largest absolute Gasteiger partial charge is 0.349 e. The molecule has 0 fully saturated rings. The summed E-state index contributed by atoms with van der Waals surface area (Å²) in [4.78, 5) is 16.9. The van der Waals surface area contributed by atoms with Crippen LogP contribution >= 0.6 is 11.6 Å². The van der Waals surface area contributed by atoms with Gasteiger partial charge in [-0.2, -0.15) is 0 Å². The Labute approximate surface area is 162 Å². The number of aromatic nitrogens is 1. The van der Waals surface area contributed by atoms with Crippen molar-refractivity contribution in [1.29, 1.82) is 0 Å². The minimum Gasteiger partial charge on any atom is -0.349 e. The zero-order valence-corrected chi connectivity index (χ0v) is 15.5. The highest BCUT2D eigenvalue weighted by atomic mass is 35.5. The van der Waals surface area contributed by atoms with E-state index in [1.165, 1.54) is 12.1 Å². The van der Waals surface area contributed by atoms with Crippen molar-refractivity contribution in [2.75, 3.05) is 5.32 Å². The number of nitrogens with one attached hydrogen (secondary N) is 2. The lowest BCUT2D eigenvalue weighted by Crippen LogP contribution is -2.34. The fourth-order valence-corrected chi connectivity index (χ4v) is 2.97. The Balaban J connectivity index is 1.71. The van der Waals surface area contributed by atoms with Crippen LogP contribution in [0.3, 0.4) is 0 Å². The Morgan fingerprint density at radius 1 is 1.15 bits per heavy atom. The molecule has 1 atom stereocenters. The van der Waals surface area contributed by atoms with Crippen LogP contribution in [0, 0.1) is 5.82 Å². The van der Waals surface area contributed by atoms with Crippen LogP contribution in [-0.4, -0.2) is 16.9 Å². The molecular formula is C21H19ClFN3O. The van der Waals surface area contributed by atoms with E-state index >= 15 is 0 Å². The second kappa shape index (κ2) is 8.64. The summed E-state index contributed by atoms with van der Waals surface area (Å²) in [5, 5.41) is 6.63. The lowest BCUT2D eigenvalue weighted by Gasteiger charge is -2.16. The van der Waals surface area contributed by atoms with E-state index in [9.17, 15) is 9.18 Å². The first-order valence-corrected chi connectivity index (χ1v) is 8.92. The van der Waals surface area contributed by atoms with Crippen LogP contribution in [0.25, 0.3) is 0 Å². The third kappa shape index (κ3) is 5.28. The second-order valence-electron chi connectivity index (χ2n) is 6.24. The van der Waals surface area contributed by atoms with Crippen LogP contribution in [-0.2, 0) is 6.42 Å². The maximum atomic E-state index is 13.4. The number of halogens is 2. The van der Waals surface area contributed by atoms with Gasteiger partial charge in [-0.3, -0.25) is 4.79 Å². The van der Waals surface area contributed by atoms with Crippen LogP contribution in [0.5, 0.6) is 0 Å². The Morgan fingerprint density at radius 3 is 2.74 bits per heavy atom. The van der Waals surface area contributed by atoms with E-state index in [2.05, 4.69) is 15.6 Å². The normalized spacial score (nSPS) is 11.7. The molecule has 0 bridgehead atoms. The number of hydrogen-bond acceptors (Lipinski definition) is 3. The van der Waals surface area contributed by atoms with Gasteiger partial charge >= 0.3 is 0 Å². The van der Waals surface area contributed by atoms with Crippen LogP contribution in [0.4, 0.5) is 15.9 Å². The minimum absolute atomic E-state index is 0.0989. The maximum absolute atomic E-state index is 13.4. The van der Waals surface area contributed by atoms with Crippen molar-refractivity contribution in [3.8, 4) is 0 Å². The van der Waals surface area contributed by atoms with E-state index in [0.29, 0.717) is 28.5 Å². The van der Waals surface area contributed by atoms with E-state index in [1.54, 1.807) is 30.5 Å². The molecule has 1 amide bonds. The molecular weight excluding hydrogens is 365 g/mol. The van der Waals surface area contributed by atoms with Crippen LogP contribution in [0.15, 0.2) is 66.9 Å². The van der Waals surface area contributed by atoms with E-state index < -0.39 is 0 Å². The zero-order valence-electron chi connectivity index (χ0n) is 14.7. The molecule has 3 aromatic rings. The fourth-order valence-electron chi connectivity index (χ4n) is 2.76. The molecule has 2 N–H and O–H groups in total. The van der Waals surface area contributed by atoms with Gasteiger partial charge in [0.25, 0.3) is 5.91 Å². The Bertz CT molecular complexity index is 948. The second-order valence-corrected chi connectivity index (χ2v) is 6.68. The summed E-state index contributed by atoms with van der Waals surface area (Å²) in [5.41, 5.74) is 1.95. The van der Waals surface area contributed by atoms with Gasteiger partial charge in [0.2, 0.25) is 0 Å². The lowest BCUT2D eigenvalue weighted by atomic mass is 10.1. The number of rotatable bonds is 6. The van der Waals surface area contributed by atoms with Gasteiger partial charge in [0.05, 0.1) is 5.56 Å². The predicted octanol–water partition coefficient (Wildman–Crippen LogP) is 4.98. The van der Waals surface area contributed by atoms with Crippen LogP contribution in [0.1, 0.15) is 22.8 Å². The number of pyridine rings is 1. The molecule has 1 aromatic heterocycles. The summed E-state index contributed by atoms with van der Waals surface area (Å²) < 4.78 is 13.4. The molecule has 1 heterocycles. The van der Waals surface area contributed by atoms with Crippen molar-refractivity contribution in [2.45, 2.75) is 19.4 Å². The SMILES string of the molecule is C[C@H](Cc1cccc(Cl)c1)NC(=O)c1cccnc1Nc1cccc(F)c1. The lowest BCUT2D eigenvalue weighted by molar-refractivity contribution is 0.0940. The topological polar surface area (TPSA) is 54.0 Å². The van der Waals surface area contributed by atoms with Gasteiger partial charge in [-0.1, -0.05) is 29.8 Å². The van der Waals surface area contributed by atoms with Crippen molar-refractivity contribution in [3.05, 3.63) is 88.8 Å². The van der Waals surface area contributed by atoms with Crippen molar-refractivity contribution < 1.29 is 9.18 Å². The summed E-state index contributed by atoms with van der Waals surface area (Å²) in [6.45, 7) is 1.93. The molecule has 27 heavy (non-hydrogen) atoms.